The molecule has 1 fully saturated rings. The van der Waals surface area contributed by atoms with Crippen LogP contribution in [0.1, 0.15) is 38.7 Å². The van der Waals surface area contributed by atoms with Crippen LogP contribution in [0.3, 0.4) is 0 Å². The fraction of sp³-hybridized carbons (Fsp3) is 0.688. The van der Waals surface area contributed by atoms with E-state index in [-0.39, 0.29) is 11.8 Å². The van der Waals surface area contributed by atoms with Gasteiger partial charge in [-0.1, -0.05) is 13.8 Å². The van der Waals surface area contributed by atoms with Crippen molar-refractivity contribution in [3.63, 3.8) is 0 Å². The lowest BCUT2D eigenvalue weighted by atomic mass is 10.0. The summed E-state index contributed by atoms with van der Waals surface area (Å²) >= 11 is 1.78. The molecular weight excluding hydrogens is 268 g/mol. The molecule has 0 aromatic carbocycles. The number of nitrogens with one attached hydrogen (secondary N) is 1. The van der Waals surface area contributed by atoms with E-state index in [0.717, 1.165) is 25.9 Å². The van der Waals surface area contributed by atoms with Crippen LogP contribution in [-0.4, -0.2) is 36.5 Å². The van der Waals surface area contributed by atoms with Gasteiger partial charge in [0.15, 0.2) is 0 Å². The molecule has 112 valence electrons. The molecule has 0 radical (unpaired) electrons. The van der Waals surface area contributed by atoms with Crippen LogP contribution in [0.15, 0.2) is 16.8 Å². The number of carbonyl (C=O) groups is 1. The van der Waals surface area contributed by atoms with Crippen molar-refractivity contribution in [2.45, 2.75) is 45.6 Å². The molecule has 20 heavy (non-hydrogen) atoms. The van der Waals surface area contributed by atoms with E-state index >= 15 is 0 Å². The smallest absolute Gasteiger partial charge is 0.222 e. The third-order valence-corrected chi connectivity index (χ3v) is 4.71. The maximum atomic E-state index is 11.7. The van der Waals surface area contributed by atoms with Gasteiger partial charge in [-0.15, -0.1) is 0 Å². The quantitative estimate of drug-likeness (QED) is 0.875. The zero-order chi connectivity index (χ0) is 14.4. The van der Waals surface area contributed by atoms with Crippen molar-refractivity contribution >= 4 is 17.2 Å². The number of nitrogens with zero attached hydrogens (tertiary/aromatic N) is 1. The van der Waals surface area contributed by atoms with Crippen molar-refractivity contribution in [3.8, 4) is 0 Å². The van der Waals surface area contributed by atoms with Gasteiger partial charge < -0.3 is 10.2 Å². The minimum atomic E-state index is 0.0960. The Bertz CT molecular complexity index is 395. The average Bonchev–Trinajstić information content (AvgIpc) is 2.94. The van der Waals surface area contributed by atoms with Gasteiger partial charge in [0.25, 0.3) is 0 Å². The summed E-state index contributed by atoms with van der Waals surface area (Å²) in [5, 5.41) is 7.55. The Hall–Kier alpha value is -0.870. The van der Waals surface area contributed by atoms with E-state index in [1.807, 2.05) is 13.8 Å². The number of likely N-dealkylation sites (tertiary alicyclic amines) is 1. The Labute approximate surface area is 126 Å². The minimum Gasteiger partial charge on any atom is -0.353 e. The highest BCUT2D eigenvalue weighted by molar-refractivity contribution is 7.07. The molecule has 4 heteroatoms. The van der Waals surface area contributed by atoms with Gasteiger partial charge in [0.05, 0.1) is 0 Å². The first kappa shape index (κ1) is 15.5. The van der Waals surface area contributed by atoms with Crippen LogP contribution in [0, 0.1) is 5.92 Å². The van der Waals surface area contributed by atoms with Crippen LogP contribution >= 0.6 is 11.3 Å². The van der Waals surface area contributed by atoms with E-state index < -0.39 is 0 Å². The van der Waals surface area contributed by atoms with E-state index in [1.165, 1.54) is 24.9 Å². The van der Waals surface area contributed by atoms with E-state index in [0.29, 0.717) is 6.04 Å². The average molecular weight is 294 g/mol. The van der Waals surface area contributed by atoms with Crippen molar-refractivity contribution < 1.29 is 4.79 Å². The van der Waals surface area contributed by atoms with E-state index in [2.05, 4.69) is 27.0 Å². The molecule has 1 aliphatic heterocycles. The van der Waals surface area contributed by atoms with E-state index in [4.69, 9.17) is 0 Å². The van der Waals surface area contributed by atoms with Crippen molar-refractivity contribution in [2.24, 2.45) is 5.92 Å². The number of carbonyl (C=O) groups excluding carboxylic acids is 1. The maximum absolute atomic E-state index is 11.7. The maximum Gasteiger partial charge on any atom is 0.222 e. The molecule has 2 heterocycles. The summed E-state index contributed by atoms with van der Waals surface area (Å²) in [6, 6.07) is 2.61. The third-order valence-electron chi connectivity index (χ3n) is 3.98. The molecule has 0 saturated carbocycles. The molecule has 1 aromatic rings. The van der Waals surface area contributed by atoms with E-state index in [1.54, 1.807) is 11.3 Å². The van der Waals surface area contributed by atoms with Crippen LogP contribution < -0.4 is 5.32 Å². The zero-order valence-corrected chi connectivity index (χ0v) is 13.4. The molecule has 1 aromatic heterocycles. The SMILES string of the molecule is CC(C)C(=O)NC1CCN(CCCc2ccsc2)CC1. The summed E-state index contributed by atoms with van der Waals surface area (Å²) in [6.07, 6.45) is 4.61. The Morgan fingerprint density at radius 3 is 2.80 bits per heavy atom. The molecule has 0 atom stereocenters. The number of thiophene rings is 1. The topological polar surface area (TPSA) is 32.3 Å². The predicted molar refractivity (Wildman–Crippen MR) is 85.1 cm³/mol. The Morgan fingerprint density at radius 1 is 1.45 bits per heavy atom. The predicted octanol–water partition coefficient (Wildman–Crippen LogP) is 2.92. The first-order valence-corrected chi connectivity index (χ1v) is 8.63. The lowest BCUT2D eigenvalue weighted by Crippen LogP contribution is -2.45. The number of hydrogen-bond donors (Lipinski definition) is 1. The van der Waals surface area contributed by atoms with Crippen molar-refractivity contribution in [1.82, 2.24) is 10.2 Å². The molecule has 1 N–H and O–H groups in total. The van der Waals surface area contributed by atoms with Crippen LogP contribution in [0.2, 0.25) is 0 Å². The van der Waals surface area contributed by atoms with E-state index in [9.17, 15) is 4.79 Å². The summed E-state index contributed by atoms with van der Waals surface area (Å²) in [4.78, 5) is 14.2. The molecule has 1 saturated heterocycles. The van der Waals surface area contributed by atoms with Crippen LogP contribution in [0.25, 0.3) is 0 Å². The zero-order valence-electron chi connectivity index (χ0n) is 12.6. The monoisotopic (exact) mass is 294 g/mol. The molecule has 0 aliphatic carbocycles. The molecule has 0 unspecified atom stereocenters. The van der Waals surface area contributed by atoms with Gasteiger partial charge in [-0.3, -0.25) is 4.79 Å². The Kier molecular flexibility index (Phi) is 6.05. The second-order valence-electron chi connectivity index (χ2n) is 6.01. The molecule has 1 aliphatic rings. The summed E-state index contributed by atoms with van der Waals surface area (Å²) in [6.45, 7) is 7.32. The highest BCUT2D eigenvalue weighted by Crippen LogP contribution is 2.13. The number of aryl methyl sites for hydroxylation is 1. The molecule has 0 bridgehead atoms. The van der Waals surface area contributed by atoms with Gasteiger partial charge in [-0.2, -0.15) is 11.3 Å². The first-order valence-electron chi connectivity index (χ1n) is 7.69. The highest BCUT2D eigenvalue weighted by Gasteiger charge is 2.21. The fourth-order valence-corrected chi connectivity index (χ4v) is 3.31. The molecule has 2 rings (SSSR count). The second kappa shape index (κ2) is 7.79. The molecule has 0 spiro atoms. The molecule has 3 nitrogen and oxygen atoms in total. The number of rotatable bonds is 6. The molecule has 1 amide bonds. The lowest BCUT2D eigenvalue weighted by molar-refractivity contribution is -0.125. The summed E-state index contributed by atoms with van der Waals surface area (Å²) in [5.41, 5.74) is 1.47. The van der Waals surface area contributed by atoms with Gasteiger partial charge in [0.1, 0.15) is 0 Å². The minimum absolute atomic E-state index is 0.0960. The number of amides is 1. The van der Waals surface area contributed by atoms with Gasteiger partial charge in [0.2, 0.25) is 5.91 Å². The molecular formula is C16H26N2OS. The largest absolute Gasteiger partial charge is 0.353 e. The summed E-state index contributed by atoms with van der Waals surface area (Å²) in [7, 11) is 0. The van der Waals surface area contributed by atoms with Crippen molar-refractivity contribution in [3.05, 3.63) is 22.4 Å². The third kappa shape index (κ3) is 4.91. The Balaban J connectivity index is 1.60. The number of hydrogen-bond acceptors (Lipinski definition) is 3. The normalized spacial score (nSPS) is 17.6. The fourth-order valence-electron chi connectivity index (χ4n) is 2.61. The van der Waals surface area contributed by atoms with Crippen LogP contribution in [0.5, 0.6) is 0 Å². The van der Waals surface area contributed by atoms with Gasteiger partial charge in [-0.25, -0.2) is 0 Å². The second-order valence-corrected chi connectivity index (χ2v) is 6.79. The first-order chi connectivity index (χ1) is 9.65. The van der Waals surface area contributed by atoms with Gasteiger partial charge in [-0.05, 0) is 54.6 Å². The highest BCUT2D eigenvalue weighted by atomic mass is 32.1. The Morgan fingerprint density at radius 2 is 2.20 bits per heavy atom. The van der Waals surface area contributed by atoms with Crippen LogP contribution in [-0.2, 0) is 11.2 Å². The number of piperidine rings is 1. The van der Waals surface area contributed by atoms with Gasteiger partial charge >= 0.3 is 0 Å². The van der Waals surface area contributed by atoms with Crippen molar-refractivity contribution in [1.29, 1.82) is 0 Å². The summed E-state index contributed by atoms with van der Waals surface area (Å²) in [5.74, 6) is 0.291. The van der Waals surface area contributed by atoms with Crippen LogP contribution in [0.4, 0.5) is 0 Å². The van der Waals surface area contributed by atoms with Gasteiger partial charge in [0, 0.05) is 25.0 Å². The lowest BCUT2D eigenvalue weighted by Gasteiger charge is -2.32. The standard InChI is InChI=1S/C16H26N2OS/c1-13(2)16(19)17-15-5-9-18(10-6-15)8-3-4-14-7-11-20-12-14/h7,11-13,15H,3-6,8-10H2,1-2H3,(H,17,19). The summed E-state index contributed by atoms with van der Waals surface area (Å²) < 4.78 is 0. The van der Waals surface area contributed by atoms with Crippen molar-refractivity contribution in [2.75, 3.05) is 19.6 Å².